The monoisotopic (exact) mass is 291 g/mol. The molecule has 4 nitrogen and oxygen atoms in total. The number of nitrogens with zero attached hydrogens (tertiary/aromatic N) is 3. The molecule has 1 amide bonds. The predicted molar refractivity (Wildman–Crippen MR) is 78.5 cm³/mol. The van der Waals surface area contributed by atoms with Gasteiger partial charge in [0.25, 0.3) is 0 Å². The molecule has 2 aliphatic heterocycles. The van der Waals surface area contributed by atoms with Crippen molar-refractivity contribution in [2.75, 3.05) is 13.1 Å². The van der Waals surface area contributed by atoms with Gasteiger partial charge < -0.3 is 4.90 Å². The molecule has 3 heterocycles. The van der Waals surface area contributed by atoms with E-state index in [0.29, 0.717) is 24.5 Å². The summed E-state index contributed by atoms with van der Waals surface area (Å²) in [6, 6.07) is 0.908. The third-order valence-corrected chi connectivity index (χ3v) is 5.74. The van der Waals surface area contributed by atoms with Crippen molar-refractivity contribution >= 4 is 17.2 Å². The number of hydrogen-bond acceptors (Lipinski definition) is 4. The van der Waals surface area contributed by atoms with Crippen LogP contribution in [0.25, 0.3) is 0 Å². The quantitative estimate of drug-likeness (QED) is 0.852. The Bertz CT molecular complexity index is 525. The highest BCUT2D eigenvalue weighted by molar-refractivity contribution is 7.09. The van der Waals surface area contributed by atoms with E-state index in [2.05, 4.69) is 20.2 Å². The van der Waals surface area contributed by atoms with Gasteiger partial charge in [-0.1, -0.05) is 0 Å². The van der Waals surface area contributed by atoms with Crippen LogP contribution < -0.4 is 0 Å². The second-order valence-electron chi connectivity index (χ2n) is 6.45. The highest BCUT2D eigenvalue weighted by Gasteiger charge is 2.47. The first-order valence-electron chi connectivity index (χ1n) is 7.65. The molecule has 4 rings (SSSR count). The molecule has 0 N–H and O–H groups in total. The number of fused-ring (bicyclic) bond motifs is 1. The maximum absolute atomic E-state index is 12.3. The zero-order chi connectivity index (χ0) is 13.7. The average Bonchev–Trinajstić information content (AvgIpc) is 2.89. The van der Waals surface area contributed by atoms with E-state index in [1.807, 2.05) is 6.92 Å². The van der Waals surface area contributed by atoms with E-state index in [4.69, 9.17) is 0 Å². The Morgan fingerprint density at radius 2 is 2.20 bits per heavy atom. The first-order chi connectivity index (χ1) is 9.70. The van der Waals surface area contributed by atoms with Crippen LogP contribution in [-0.4, -0.2) is 45.9 Å². The summed E-state index contributed by atoms with van der Waals surface area (Å²) in [5.41, 5.74) is 1.06. The van der Waals surface area contributed by atoms with Gasteiger partial charge in [0.15, 0.2) is 0 Å². The van der Waals surface area contributed by atoms with Crippen molar-refractivity contribution in [3.8, 4) is 0 Å². The molecule has 0 aromatic carbocycles. The SMILES string of the molecule is Cc1nc(CN2C(=O)C[C@H]3[C@H]2CCN3CC2CC2)cs1. The Morgan fingerprint density at radius 1 is 1.35 bits per heavy atom. The summed E-state index contributed by atoms with van der Waals surface area (Å²) < 4.78 is 0. The number of carbonyl (C=O) groups excluding carboxylic acids is 1. The first-order valence-corrected chi connectivity index (χ1v) is 8.53. The molecule has 3 aliphatic rings. The molecule has 0 radical (unpaired) electrons. The molecule has 1 aromatic rings. The molecular weight excluding hydrogens is 270 g/mol. The molecule has 2 atom stereocenters. The number of hydrogen-bond donors (Lipinski definition) is 0. The Balaban J connectivity index is 1.46. The van der Waals surface area contributed by atoms with Crippen molar-refractivity contribution in [2.45, 2.75) is 51.2 Å². The van der Waals surface area contributed by atoms with Gasteiger partial charge >= 0.3 is 0 Å². The number of rotatable bonds is 4. The van der Waals surface area contributed by atoms with Crippen molar-refractivity contribution in [3.05, 3.63) is 16.1 Å². The Kier molecular flexibility index (Phi) is 3.07. The van der Waals surface area contributed by atoms with E-state index in [-0.39, 0.29) is 0 Å². The fraction of sp³-hybridized carbons (Fsp3) is 0.733. The Morgan fingerprint density at radius 3 is 2.90 bits per heavy atom. The summed E-state index contributed by atoms with van der Waals surface area (Å²) in [5, 5.41) is 3.18. The Labute approximate surface area is 123 Å². The molecule has 0 bridgehead atoms. The molecule has 108 valence electrons. The van der Waals surface area contributed by atoms with Gasteiger partial charge in [-0.2, -0.15) is 0 Å². The predicted octanol–water partition coefficient (Wildman–Crippen LogP) is 2.04. The van der Waals surface area contributed by atoms with Crippen LogP contribution >= 0.6 is 11.3 Å². The van der Waals surface area contributed by atoms with Crippen LogP contribution in [-0.2, 0) is 11.3 Å². The van der Waals surface area contributed by atoms with Crippen LogP contribution in [0.2, 0.25) is 0 Å². The number of aromatic nitrogens is 1. The maximum atomic E-state index is 12.3. The highest BCUT2D eigenvalue weighted by Crippen LogP contribution is 2.37. The topological polar surface area (TPSA) is 36.4 Å². The summed E-state index contributed by atoms with van der Waals surface area (Å²) in [6.45, 7) is 5.13. The number of carbonyl (C=O) groups is 1. The maximum Gasteiger partial charge on any atom is 0.224 e. The van der Waals surface area contributed by atoms with Gasteiger partial charge in [-0.05, 0) is 32.1 Å². The molecular formula is C15H21N3OS. The minimum atomic E-state index is 0.325. The second kappa shape index (κ2) is 4.81. The van der Waals surface area contributed by atoms with E-state index in [9.17, 15) is 4.79 Å². The van der Waals surface area contributed by atoms with Crippen molar-refractivity contribution in [1.82, 2.24) is 14.8 Å². The fourth-order valence-electron chi connectivity index (χ4n) is 3.73. The zero-order valence-electron chi connectivity index (χ0n) is 11.9. The average molecular weight is 291 g/mol. The standard InChI is InChI=1S/C15H21N3OS/c1-10-16-12(9-20-10)8-18-13-4-5-17(7-11-2-3-11)14(13)6-15(18)19/h9,11,13-14H,2-8H2,1H3/t13-,14+/m1/s1. The number of amides is 1. The van der Waals surface area contributed by atoms with Crippen LogP contribution in [0.15, 0.2) is 5.38 Å². The van der Waals surface area contributed by atoms with Gasteiger partial charge in [0.05, 0.1) is 17.2 Å². The van der Waals surface area contributed by atoms with Gasteiger partial charge in [0.2, 0.25) is 5.91 Å². The van der Waals surface area contributed by atoms with Gasteiger partial charge in [-0.15, -0.1) is 11.3 Å². The molecule has 1 aromatic heterocycles. The van der Waals surface area contributed by atoms with Crippen LogP contribution in [0, 0.1) is 12.8 Å². The van der Waals surface area contributed by atoms with Gasteiger partial charge in [0.1, 0.15) is 0 Å². The van der Waals surface area contributed by atoms with Gasteiger partial charge in [-0.25, -0.2) is 4.98 Å². The van der Waals surface area contributed by atoms with E-state index < -0.39 is 0 Å². The van der Waals surface area contributed by atoms with Gasteiger partial charge in [-0.3, -0.25) is 9.69 Å². The summed E-state index contributed by atoms with van der Waals surface area (Å²) in [6.07, 6.45) is 4.65. The summed E-state index contributed by atoms with van der Waals surface area (Å²) in [4.78, 5) is 21.5. The smallest absolute Gasteiger partial charge is 0.224 e. The zero-order valence-corrected chi connectivity index (χ0v) is 12.7. The first kappa shape index (κ1) is 12.8. The minimum absolute atomic E-state index is 0.325. The molecule has 2 saturated heterocycles. The third kappa shape index (κ3) is 2.27. The highest BCUT2D eigenvalue weighted by atomic mass is 32.1. The lowest BCUT2D eigenvalue weighted by atomic mass is 10.1. The molecule has 1 aliphatic carbocycles. The number of aryl methyl sites for hydroxylation is 1. The minimum Gasteiger partial charge on any atom is -0.332 e. The van der Waals surface area contributed by atoms with E-state index >= 15 is 0 Å². The normalized spacial score (nSPS) is 30.2. The molecule has 0 unspecified atom stereocenters. The van der Waals surface area contributed by atoms with Crippen LogP contribution in [0.3, 0.4) is 0 Å². The Hall–Kier alpha value is -0.940. The van der Waals surface area contributed by atoms with Crippen molar-refractivity contribution in [3.63, 3.8) is 0 Å². The van der Waals surface area contributed by atoms with E-state index in [1.54, 1.807) is 11.3 Å². The van der Waals surface area contributed by atoms with Crippen LogP contribution in [0.1, 0.15) is 36.4 Å². The number of likely N-dealkylation sites (tertiary alicyclic amines) is 2. The second-order valence-corrected chi connectivity index (χ2v) is 7.51. The fourth-order valence-corrected chi connectivity index (χ4v) is 4.33. The molecule has 5 heteroatoms. The van der Waals surface area contributed by atoms with E-state index in [0.717, 1.165) is 29.5 Å². The lowest BCUT2D eigenvalue weighted by Crippen LogP contribution is -2.37. The largest absolute Gasteiger partial charge is 0.332 e. The molecule has 0 spiro atoms. The summed E-state index contributed by atoms with van der Waals surface area (Å²) in [7, 11) is 0. The van der Waals surface area contributed by atoms with Crippen molar-refractivity contribution < 1.29 is 4.79 Å². The van der Waals surface area contributed by atoms with Crippen LogP contribution in [0.4, 0.5) is 0 Å². The lowest BCUT2D eigenvalue weighted by molar-refractivity contribution is -0.129. The van der Waals surface area contributed by atoms with E-state index in [1.165, 1.54) is 25.9 Å². The molecule has 1 saturated carbocycles. The lowest BCUT2D eigenvalue weighted by Gasteiger charge is -2.25. The molecule has 20 heavy (non-hydrogen) atoms. The number of thiazole rings is 1. The summed E-state index contributed by atoms with van der Waals surface area (Å²) in [5.74, 6) is 1.24. The van der Waals surface area contributed by atoms with Crippen LogP contribution in [0.5, 0.6) is 0 Å². The van der Waals surface area contributed by atoms with Crippen molar-refractivity contribution in [1.29, 1.82) is 0 Å². The summed E-state index contributed by atoms with van der Waals surface area (Å²) >= 11 is 1.67. The molecule has 3 fully saturated rings. The third-order valence-electron chi connectivity index (χ3n) is 4.92. The van der Waals surface area contributed by atoms with Gasteiger partial charge in [0, 0.05) is 37.0 Å². The van der Waals surface area contributed by atoms with Crippen molar-refractivity contribution in [2.24, 2.45) is 5.92 Å².